The van der Waals surface area contributed by atoms with E-state index in [0.29, 0.717) is 82.2 Å². The summed E-state index contributed by atoms with van der Waals surface area (Å²) in [4.78, 5) is 14.9. The molecule has 0 aliphatic carbocycles. The summed E-state index contributed by atoms with van der Waals surface area (Å²) in [7, 11) is -1.86. The van der Waals surface area contributed by atoms with Gasteiger partial charge in [-0.1, -0.05) is 12.5 Å². The minimum absolute atomic E-state index is 0.0144. The highest BCUT2D eigenvalue weighted by Gasteiger charge is 2.26. The standard InChI is InChI=1S/C28H36FNO7S/c1-34-23-7-9-25(10-8-23)38(32,33)16-4-2-3-5-28(31)37-24(20-30-13-12-22(29)19-30)17-21-6-11-26-27(18-21)36-15-14-35-26/h6-11,18,22,24H,2-5,12-17,19-20H2,1H3. The number of ether oxygens (including phenoxy) is 4. The first-order valence-corrected chi connectivity index (χ1v) is 14.8. The van der Waals surface area contributed by atoms with E-state index in [2.05, 4.69) is 0 Å². The molecule has 0 amide bonds. The third-order valence-electron chi connectivity index (χ3n) is 6.76. The van der Waals surface area contributed by atoms with Crippen LogP contribution in [0.2, 0.25) is 0 Å². The van der Waals surface area contributed by atoms with Gasteiger partial charge in [0.15, 0.2) is 21.3 Å². The van der Waals surface area contributed by atoms with E-state index in [0.717, 1.165) is 5.56 Å². The van der Waals surface area contributed by atoms with Gasteiger partial charge >= 0.3 is 5.97 Å². The molecule has 208 valence electrons. The molecule has 38 heavy (non-hydrogen) atoms. The highest BCUT2D eigenvalue weighted by atomic mass is 32.2. The molecule has 0 aromatic heterocycles. The number of hydrogen-bond donors (Lipinski definition) is 0. The second-order valence-corrected chi connectivity index (χ2v) is 11.9. The molecule has 2 aromatic rings. The molecule has 2 aromatic carbocycles. The molecule has 0 spiro atoms. The van der Waals surface area contributed by atoms with Gasteiger partial charge in [0, 0.05) is 32.5 Å². The number of benzene rings is 2. The maximum atomic E-state index is 13.7. The number of rotatable bonds is 13. The van der Waals surface area contributed by atoms with Crippen LogP contribution >= 0.6 is 0 Å². The molecule has 2 heterocycles. The van der Waals surface area contributed by atoms with E-state index >= 15 is 0 Å². The number of nitrogens with zero attached hydrogens (tertiary/aromatic N) is 1. The zero-order chi connectivity index (χ0) is 27.0. The number of esters is 1. The molecule has 0 N–H and O–H groups in total. The Kier molecular flexibility index (Phi) is 9.85. The molecule has 4 rings (SSSR count). The number of fused-ring (bicyclic) bond motifs is 1. The highest BCUT2D eigenvalue weighted by molar-refractivity contribution is 7.91. The fourth-order valence-corrected chi connectivity index (χ4v) is 6.11. The van der Waals surface area contributed by atoms with E-state index in [9.17, 15) is 17.6 Å². The fraction of sp³-hybridized carbons (Fsp3) is 0.536. The van der Waals surface area contributed by atoms with Gasteiger partial charge in [-0.2, -0.15) is 0 Å². The predicted octanol–water partition coefficient (Wildman–Crippen LogP) is 4.00. The highest BCUT2D eigenvalue weighted by Crippen LogP contribution is 2.31. The second-order valence-electron chi connectivity index (χ2n) is 9.74. The number of alkyl halides is 1. The number of carbonyl (C=O) groups excluding carboxylic acids is 1. The van der Waals surface area contributed by atoms with Crippen LogP contribution in [-0.2, 0) is 25.8 Å². The quantitative estimate of drug-likeness (QED) is 0.274. The van der Waals surface area contributed by atoms with Crippen molar-refractivity contribution in [3.63, 3.8) is 0 Å². The second kappa shape index (κ2) is 13.3. The molecule has 0 saturated carbocycles. The van der Waals surface area contributed by atoms with Crippen LogP contribution < -0.4 is 14.2 Å². The number of sulfone groups is 1. The van der Waals surface area contributed by atoms with E-state index in [1.54, 1.807) is 24.3 Å². The van der Waals surface area contributed by atoms with Gasteiger partial charge in [-0.3, -0.25) is 9.69 Å². The Morgan fingerprint density at radius 2 is 1.84 bits per heavy atom. The summed E-state index contributed by atoms with van der Waals surface area (Å²) in [6.45, 7) is 2.44. The lowest BCUT2D eigenvalue weighted by Gasteiger charge is -2.25. The van der Waals surface area contributed by atoms with Crippen molar-refractivity contribution in [2.45, 2.75) is 55.7 Å². The van der Waals surface area contributed by atoms with Crippen molar-refractivity contribution >= 4 is 15.8 Å². The number of methoxy groups -OCH3 is 1. The SMILES string of the molecule is COc1ccc(S(=O)(=O)CCCCCC(=O)OC(Cc2ccc3c(c2)OCCO3)CN2CCC(F)C2)cc1. The Morgan fingerprint density at radius 3 is 2.55 bits per heavy atom. The van der Waals surface area contributed by atoms with E-state index < -0.39 is 22.1 Å². The third-order valence-corrected chi connectivity index (χ3v) is 8.57. The average molecular weight is 550 g/mol. The van der Waals surface area contributed by atoms with Gasteiger partial charge in [0.05, 0.1) is 17.8 Å². The summed E-state index contributed by atoms with van der Waals surface area (Å²) in [5.41, 5.74) is 0.951. The molecule has 2 atom stereocenters. The summed E-state index contributed by atoms with van der Waals surface area (Å²) >= 11 is 0. The lowest BCUT2D eigenvalue weighted by atomic mass is 10.1. The lowest BCUT2D eigenvalue weighted by Crippen LogP contribution is -2.35. The summed E-state index contributed by atoms with van der Waals surface area (Å²) in [5, 5.41) is 0. The Hall–Kier alpha value is -2.85. The van der Waals surface area contributed by atoms with Crippen molar-refractivity contribution < 1.29 is 36.6 Å². The van der Waals surface area contributed by atoms with Crippen LogP contribution in [0.4, 0.5) is 4.39 Å². The van der Waals surface area contributed by atoms with Crippen LogP contribution in [0.25, 0.3) is 0 Å². The molecule has 0 radical (unpaired) electrons. The number of likely N-dealkylation sites (tertiary alicyclic amines) is 1. The zero-order valence-electron chi connectivity index (χ0n) is 21.8. The van der Waals surface area contributed by atoms with Crippen molar-refractivity contribution in [2.24, 2.45) is 0 Å². The number of halogens is 1. The van der Waals surface area contributed by atoms with Gasteiger partial charge in [0.2, 0.25) is 0 Å². The van der Waals surface area contributed by atoms with Crippen LogP contribution in [-0.4, -0.2) is 77.3 Å². The smallest absolute Gasteiger partial charge is 0.306 e. The van der Waals surface area contributed by atoms with Crippen molar-refractivity contribution in [3.8, 4) is 17.2 Å². The summed E-state index contributed by atoms with van der Waals surface area (Å²) in [6.07, 6.45) is 1.47. The molecule has 2 aliphatic rings. The largest absolute Gasteiger partial charge is 0.497 e. The first-order chi connectivity index (χ1) is 18.3. The maximum absolute atomic E-state index is 13.7. The Labute approximate surface area is 223 Å². The Morgan fingerprint density at radius 1 is 1.08 bits per heavy atom. The molecule has 10 heteroatoms. The number of carbonyl (C=O) groups is 1. The molecule has 0 bridgehead atoms. The van der Waals surface area contributed by atoms with Gasteiger partial charge in [0.1, 0.15) is 31.2 Å². The number of hydrogen-bond acceptors (Lipinski definition) is 8. The third kappa shape index (κ3) is 8.07. The lowest BCUT2D eigenvalue weighted by molar-refractivity contribution is -0.150. The van der Waals surface area contributed by atoms with Crippen LogP contribution in [0.15, 0.2) is 47.4 Å². The first kappa shape index (κ1) is 28.2. The van der Waals surface area contributed by atoms with Gasteiger partial charge in [-0.25, -0.2) is 12.8 Å². The first-order valence-electron chi connectivity index (χ1n) is 13.1. The van der Waals surface area contributed by atoms with Crippen molar-refractivity contribution in [1.82, 2.24) is 4.90 Å². The fourth-order valence-electron chi connectivity index (χ4n) is 4.74. The molecular weight excluding hydrogens is 513 g/mol. The van der Waals surface area contributed by atoms with Crippen LogP contribution in [0.5, 0.6) is 17.2 Å². The van der Waals surface area contributed by atoms with Crippen molar-refractivity contribution in [2.75, 3.05) is 45.7 Å². The normalized spacial score (nSPS) is 18.2. The van der Waals surface area contributed by atoms with E-state index in [1.807, 2.05) is 23.1 Å². The maximum Gasteiger partial charge on any atom is 0.306 e. The van der Waals surface area contributed by atoms with Gasteiger partial charge in [-0.05, 0) is 61.2 Å². The predicted molar refractivity (Wildman–Crippen MR) is 140 cm³/mol. The molecule has 2 aliphatic heterocycles. The van der Waals surface area contributed by atoms with Crippen LogP contribution in [0.1, 0.15) is 37.7 Å². The molecule has 1 fully saturated rings. The Balaban J connectivity index is 1.25. The van der Waals surface area contributed by atoms with Gasteiger partial charge < -0.3 is 18.9 Å². The molecular formula is C28H36FNO7S. The summed E-state index contributed by atoms with van der Waals surface area (Å²) in [6, 6.07) is 12.0. The minimum atomic E-state index is -3.39. The van der Waals surface area contributed by atoms with Crippen LogP contribution in [0.3, 0.4) is 0 Å². The average Bonchev–Trinajstić information content (AvgIpc) is 3.32. The topological polar surface area (TPSA) is 91.4 Å². The van der Waals surface area contributed by atoms with Crippen molar-refractivity contribution in [3.05, 3.63) is 48.0 Å². The summed E-state index contributed by atoms with van der Waals surface area (Å²) in [5.74, 6) is 1.65. The van der Waals surface area contributed by atoms with Crippen molar-refractivity contribution in [1.29, 1.82) is 0 Å². The van der Waals surface area contributed by atoms with Crippen LogP contribution in [0, 0.1) is 0 Å². The monoisotopic (exact) mass is 549 g/mol. The minimum Gasteiger partial charge on any atom is -0.497 e. The summed E-state index contributed by atoms with van der Waals surface area (Å²) < 4.78 is 61.0. The molecule has 8 nitrogen and oxygen atoms in total. The zero-order valence-corrected chi connectivity index (χ0v) is 22.6. The van der Waals surface area contributed by atoms with E-state index in [1.165, 1.54) is 7.11 Å². The van der Waals surface area contributed by atoms with E-state index in [4.69, 9.17) is 18.9 Å². The van der Waals surface area contributed by atoms with Gasteiger partial charge in [-0.15, -0.1) is 0 Å². The van der Waals surface area contributed by atoms with E-state index in [-0.39, 0.29) is 23.0 Å². The van der Waals surface area contributed by atoms with Gasteiger partial charge in [0.25, 0.3) is 0 Å². The molecule has 1 saturated heterocycles. The Bertz CT molecular complexity index is 1170. The number of unbranched alkanes of at least 4 members (excludes halogenated alkanes) is 2. The molecule has 2 unspecified atom stereocenters.